The van der Waals surface area contributed by atoms with Gasteiger partial charge >= 0.3 is 0 Å². The summed E-state index contributed by atoms with van der Waals surface area (Å²) in [6.45, 7) is 4.34. The first kappa shape index (κ1) is 11.8. The van der Waals surface area contributed by atoms with Crippen LogP contribution in [0.4, 0.5) is 4.39 Å². The minimum Gasteiger partial charge on any atom is -0.330 e. The van der Waals surface area contributed by atoms with Crippen molar-refractivity contribution in [3.8, 4) is 5.69 Å². The summed E-state index contributed by atoms with van der Waals surface area (Å²) in [7, 11) is 0. The molecule has 2 N–H and O–H groups in total. The predicted octanol–water partition coefficient (Wildman–Crippen LogP) is 2.13. The quantitative estimate of drug-likeness (QED) is 0.882. The molecule has 0 atom stereocenters. The number of aryl methyl sites for hydroxylation is 1. The van der Waals surface area contributed by atoms with Crippen molar-refractivity contribution in [1.82, 2.24) is 9.55 Å². The molecule has 4 heteroatoms. The predicted molar refractivity (Wildman–Crippen MR) is 65.8 cm³/mol. The van der Waals surface area contributed by atoms with Crippen LogP contribution in [0.1, 0.15) is 17.0 Å². The zero-order chi connectivity index (χ0) is 12.4. The molecule has 0 spiro atoms. The van der Waals surface area contributed by atoms with Gasteiger partial charge in [0.25, 0.3) is 0 Å². The number of rotatable bonds is 3. The van der Waals surface area contributed by atoms with E-state index in [1.165, 1.54) is 6.07 Å². The number of nitrogens with zero attached hydrogens (tertiary/aromatic N) is 2. The monoisotopic (exact) mass is 233 g/mol. The Morgan fingerprint density at radius 2 is 2.12 bits per heavy atom. The molecule has 0 radical (unpaired) electrons. The Morgan fingerprint density at radius 1 is 1.35 bits per heavy atom. The Labute approximate surface area is 100 Å². The van der Waals surface area contributed by atoms with Crippen LogP contribution < -0.4 is 5.73 Å². The second-order valence-corrected chi connectivity index (χ2v) is 4.06. The third-order valence-corrected chi connectivity index (χ3v) is 3.00. The SMILES string of the molecule is Cc1ncn(-c2cccc(F)c2CCN)c1C. The Hall–Kier alpha value is -1.68. The van der Waals surface area contributed by atoms with Gasteiger partial charge in [-0.25, -0.2) is 9.37 Å². The standard InChI is InChI=1S/C13H16FN3/c1-9-10(2)17(8-16-9)13-5-3-4-12(14)11(13)6-7-15/h3-5,8H,6-7,15H2,1-2H3. The normalized spacial score (nSPS) is 10.8. The molecule has 90 valence electrons. The number of halogens is 1. The van der Waals surface area contributed by atoms with Crippen molar-refractivity contribution in [2.45, 2.75) is 20.3 Å². The maximum Gasteiger partial charge on any atom is 0.128 e. The average molecular weight is 233 g/mol. The number of nitrogens with two attached hydrogens (primary N) is 1. The molecule has 0 aliphatic heterocycles. The van der Waals surface area contributed by atoms with E-state index < -0.39 is 0 Å². The molecular formula is C13H16FN3. The first-order chi connectivity index (χ1) is 8.15. The minimum absolute atomic E-state index is 0.210. The van der Waals surface area contributed by atoms with Crippen molar-refractivity contribution in [3.63, 3.8) is 0 Å². The van der Waals surface area contributed by atoms with E-state index in [1.54, 1.807) is 12.4 Å². The lowest BCUT2D eigenvalue weighted by atomic mass is 10.1. The molecule has 3 nitrogen and oxygen atoms in total. The summed E-state index contributed by atoms with van der Waals surface area (Å²) >= 11 is 0. The molecule has 1 aromatic carbocycles. The molecule has 0 amide bonds. The van der Waals surface area contributed by atoms with Crippen LogP contribution in [0.2, 0.25) is 0 Å². The van der Waals surface area contributed by atoms with Crippen molar-refractivity contribution in [1.29, 1.82) is 0 Å². The first-order valence-electron chi connectivity index (χ1n) is 5.63. The Kier molecular flexibility index (Phi) is 3.24. The highest BCUT2D eigenvalue weighted by Crippen LogP contribution is 2.21. The van der Waals surface area contributed by atoms with Crippen LogP contribution in [-0.2, 0) is 6.42 Å². The van der Waals surface area contributed by atoms with Gasteiger partial charge < -0.3 is 10.3 Å². The summed E-state index contributed by atoms with van der Waals surface area (Å²) < 4.78 is 15.7. The van der Waals surface area contributed by atoms with Crippen molar-refractivity contribution < 1.29 is 4.39 Å². The van der Waals surface area contributed by atoms with Gasteiger partial charge in [0.1, 0.15) is 5.82 Å². The van der Waals surface area contributed by atoms with E-state index in [2.05, 4.69) is 4.98 Å². The highest BCUT2D eigenvalue weighted by atomic mass is 19.1. The van der Waals surface area contributed by atoms with Crippen LogP contribution in [0.15, 0.2) is 24.5 Å². The van der Waals surface area contributed by atoms with Crippen LogP contribution in [-0.4, -0.2) is 16.1 Å². The molecule has 17 heavy (non-hydrogen) atoms. The number of benzene rings is 1. The highest BCUT2D eigenvalue weighted by molar-refractivity contribution is 5.44. The van der Waals surface area contributed by atoms with E-state index >= 15 is 0 Å². The van der Waals surface area contributed by atoms with Crippen molar-refractivity contribution >= 4 is 0 Å². The molecule has 1 aromatic heterocycles. The molecule has 0 saturated carbocycles. The summed E-state index contributed by atoms with van der Waals surface area (Å²) in [6, 6.07) is 5.06. The van der Waals surface area contributed by atoms with Crippen LogP contribution in [0.3, 0.4) is 0 Å². The molecule has 0 fully saturated rings. The molecule has 1 heterocycles. The maximum atomic E-state index is 13.8. The molecular weight excluding hydrogens is 217 g/mol. The number of hydrogen-bond donors (Lipinski definition) is 1. The first-order valence-corrected chi connectivity index (χ1v) is 5.63. The largest absolute Gasteiger partial charge is 0.330 e. The van der Waals surface area contributed by atoms with Gasteiger partial charge in [-0.05, 0) is 38.9 Å². The molecule has 0 unspecified atom stereocenters. The second kappa shape index (κ2) is 4.67. The zero-order valence-electron chi connectivity index (χ0n) is 10.1. The van der Waals surface area contributed by atoms with E-state index in [0.29, 0.717) is 18.5 Å². The minimum atomic E-state index is -0.210. The van der Waals surface area contributed by atoms with Crippen LogP contribution in [0.25, 0.3) is 5.69 Å². The number of aromatic nitrogens is 2. The van der Waals surface area contributed by atoms with Crippen LogP contribution in [0.5, 0.6) is 0 Å². The summed E-state index contributed by atoms with van der Waals surface area (Å²) in [5, 5.41) is 0. The van der Waals surface area contributed by atoms with Gasteiger partial charge in [-0.2, -0.15) is 0 Å². The molecule has 2 aromatic rings. The number of imidazole rings is 1. The smallest absolute Gasteiger partial charge is 0.128 e. The highest BCUT2D eigenvalue weighted by Gasteiger charge is 2.11. The van der Waals surface area contributed by atoms with Gasteiger partial charge in [-0.3, -0.25) is 0 Å². The van der Waals surface area contributed by atoms with Crippen LogP contribution >= 0.6 is 0 Å². The van der Waals surface area contributed by atoms with E-state index in [-0.39, 0.29) is 5.82 Å². The topological polar surface area (TPSA) is 43.8 Å². The van der Waals surface area contributed by atoms with Crippen molar-refractivity contribution in [3.05, 3.63) is 47.3 Å². The summed E-state index contributed by atoms with van der Waals surface area (Å²) in [5.41, 5.74) is 8.98. The fourth-order valence-corrected chi connectivity index (χ4v) is 1.91. The molecule has 0 aliphatic rings. The fourth-order valence-electron chi connectivity index (χ4n) is 1.91. The third kappa shape index (κ3) is 2.08. The number of hydrogen-bond acceptors (Lipinski definition) is 2. The van der Waals surface area contributed by atoms with Crippen molar-refractivity contribution in [2.75, 3.05) is 6.54 Å². The third-order valence-electron chi connectivity index (χ3n) is 3.00. The van der Waals surface area contributed by atoms with E-state index in [9.17, 15) is 4.39 Å². The lowest BCUT2D eigenvalue weighted by Crippen LogP contribution is -2.09. The molecule has 0 aliphatic carbocycles. The average Bonchev–Trinajstić information content (AvgIpc) is 2.63. The second-order valence-electron chi connectivity index (χ2n) is 4.06. The van der Waals surface area contributed by atoms with Gasteiger partial charge in [0, 0.05) is 11.3 Å². The molecule has 0 saturated heterocycles. The molecule has 2 rings (SSSR count). The fraction of sp³-hybridized carbons (Fsp3) is 0.308. The maximum absolute atomic E-state index is 13.8. The summed E-state index contributed by atoms with van der Waals surface area (Å²) in [5.74, 6) is -0.210. The summed E-state index contributed by atoms with van der Waals surface area (Å²) in [4.78, 5) is 4.23. The van der Waals surface area contributed by atoms with Gasteiger partial charge in [0.05, 0.1) is 17.7 Å². The Morgan fingerprint density at radius 3 is 2.71 bits per heavy atom. The van der Waals surface area contributed by atoms with Gasteiger partial charge in [-0.1, -0.05) is 6.07 Å². The van der Waals surface area contributed by atoms with Gasteiger partial charge in [0.2, 0.25) is 0 Å². The Bertz CT molecular complexity index is 531. The lowest BCUT2D eigenvalue weighted by molar-refractivity contribution is 0.607. The van der Waals surface area contributed by atoms with Crippen molar-refractivity contribution in [2.24, 2.45) is 5.73 Å². The lowest BCUT2D eigenvalue weighted by Gasteiger charge is -2.12. The van der Waals surface area contributed by atoms with Gasteiger partial charge in [0.15, 0.2) is 0 Å². The van der Waals surface area contributed by atoms with Gasteiger partial charge in [-0.15, -0.1) is 0 Å². The van der Waals surface area contributed by atoms with E-state index in [0.717, 1.165) is 17.1 Å². The summed E-state index contributed by atoms with van der Waals surface area (Å²) in [6.07, 6.45) is 2.25. The van der Waals surface area contributed by atoms with E-state index in [1.807, 2.05) is 24.5 Å². The van der Waals surface area contributed by atoms with Crippen LogP contribution in [0, 0.1) is 19.7 Å². The zero-order valence-corrected chi connectivity index (χ0v) is 10.1. The molecule has 0 bridgehead atoms. The Balaban J connectivity index is 2.59. The van der Waals surface area contributed by atoms with E-state index in [4.69, 9.17) is 5.73 Å².